The van der Waals surface area contributed by atoms with Gasteiger partial charge in [-0.2, -0.15) is 0 Å². The normalized spacial score (nSPS) is 15.9. The van der Waals surface area contributed by atoms with E-state index in [1.807, 2.05) is 30.3 Å². The number of rotatable bonds is 15. The molecule has 0 aromatic heterocycles. The van der Waals surface area contributed by atoms with Crippen molar-refractivity contribution in [2.45, 2.75) is 97.1 Å². The van der Waals surface area contributed by atoms with Crippen LogP contribution in [0, 0.1) is 11.8 Å². The summed E-state index contributed by atoms with van der Waals surface area (Å²) >= 11 is 0. The van der Waals surface area contributed by atoms with Gasteiger partial charge in [0, 0.05) is 12.5 Å². The van der Waals surface area contributed by atoms with Crippen LogP contribution in [0.5, 0.6) is 0 Å². The van der Waals surface area contributed by atoms with E-state index in [-0.39, 0.29) is 12.8 Å². The number of aliphatic hydroxyl groups excluding tert-OH is 1. The zero-order valence-electron chi connectivity index (χ0n) is 24.2. The minimum absolute atomic E-state index is 0.0899. The van der Waals surface area contributed by atoms with Crippen LogP contribution in [0.3, 0.4) is 0 Å². The second-order valence-electron chi connectivity index (χ2n) is 10.8. The van der Waals surface area contributed by atoms with Gasteiger partial charge in [0.1, 0.15) is 18.1 Å². The molecule has 0 radical (unpaired) electrons. The monoisotopic (exact) mass is 563 g/mol. The first-order chi connectivity index (χ1) is 18.6. The SMILES string of the molecule is CC(N)C(=O)NC(C)C(=O)N(C(=O)CCC(O)C(N)Cc1ccccc1)C(C(=O)NC(C(=O)O)C(C)C)C(C)C. The summed E-state index contributed by atoms with van der Waals surface area (Å²) in [7, 11) is 0. The maximum atomic E-state index is 13.5. The number of hydrogen-bond acceptors (Lipinski definition) is 8. The molecule has 0 saturated heterocycles. The highest BCUT2D eigenvalue weighted by atomic mass is 16.4. The van der Waals surface area contributed by atoms with Crippen LogP contribution in [-0.2, 0) is 30.4 Å². The molecule has 1 aromatic rings. The van der Waals surface area contributed by atoms with Crippen LogP contribution in [-0.4, -0.2) is 81.0 Å². The second kappa shape index (κ2) is 16.0. The Morgan fingerprint density at radius 1 is 0.875 bits per heavy atom. The summed E-state index contributed by atoms with van der Waals surface area (Å²) in [5.74, 6) is -5.45. The van der Waals surface area contributed by atoms with Gasteiger partial charge < -0.3 is 32.3 Å². The van der Waals surface area contributed by atoms with E-state index < -0.39 is 77.7 Å². The van der Waals surface area contributed by atoms with E-state index in [0.717, 1.165) is 10.5 Å². The van der Waals surface area contributed by atoms with Crippen molar-refractivity contribution in [1.29, 1.82) is 0 Å². The molecule has 0 aliphatic rings. The molecular formula is C28H45N5O7. The Morgan fingerprint density at radius 3 is 1.93 bits per heavy atom. The lowest BCUT2D eigenvalue weighted by molar-refractivity contribution is -0.156. The first-order valence-corrected chi connectivity index (χ1v) is 13.5. The Balaban J connectivity index is 3.24. The van der Waals surface area contributed by atoms with Crippen molar-refractivity contribution in [3.05, 3.63) is 35.9 Å². The number of imide groups is 1. The summed E-state index contributed by atoms with van der Waals surface area (Å²) in [6.45, 7) is 9.23. The van der Waals surface area contributed by atoms with E-state index in [1.165, 1.54) is 13.8 Å². The molecule has 224 valence electrons. The number of carboxylic acids is 1. The molecule has 0 aliphatic heterocycles. The maximum absolute atomic E-state index is 13.5. The molecule has 6 unspecified atom stereocenters. The smallest absolute Gasteiger partial charge is 0.326 e. The number of amides is 4. The Hall–Kier alpha value is -3.35. The lowest BCUT2D eigenvalue weighted by Crippen LogP contribution is -2.61. The van der Waals surface area contributed by atoms with E-state index in [0.29, 0.717) is 6.42 Å². The number of aliphatic carboxylic acids is 1. The predicted molar refractivity (Wildman–Crippen MR) is 149 cm³/mol. The molecule has 0 fully saturated rings. The molecule has 0 aliphatic carbocycles. The quantitative estimate of drug-likeness (QED) is 0.172. The molecule has 0 saturated carbocycles. The van der Waals surface area contributed by atoms with E-state index in [9.17, 15) is 34.2 Å². The van der Waals surface area contributed by atoms with Gasteiger partial charge in [0.25, 0.3) is 5.91 Å². The summed E-state index contributed by atoms with van der Waals surface area (Å²) in [4.78, 5) is 65.0. The number of carbonyl (C=O) groups excluding carboxylic acids is 4. The highest BCUT2D eigenvalue weighted by Crippen LogP contribution is 2.18. The fourth-order valence-electron chi connectivity index (χ4n) is 4.13. The third-order valence-corrected chi connectivity index (χ3v) is 6.52. The molecule has 1 aromatic carbocycles. The standard InChI is InChI=1S/C28H45N5O7/c1-15(2)23(28(39)40)32-26(37)24(16(3)4)33(27(38)18(6)31-25(36)17(5)29)22(35)13-12-21(34)20(30)14-19-10-8-7-9-11-19/h7-11,15-18,20-21,23-24,34H,12-14,29-30H2,1-6H3,(H,31,36)(H,32,37)(H,39,40). The number of nitrogens with two attached hydrogens (primary N) is 2. The van der Waals surface area contributed by atoms with Crippen molar-refractivity contribution in [1.82, 2.24) is 15.5 Å². The number of carboxylic acid groups (broad SMARTS) is 1. The lowest BCUT2D eigenvalue weighted by atomic mass is 9.96. The average Bonchev–Trinajstić information content (AvgIpc) is 2.87. The van der Waals surface area contributed by atoms with Crippen molar-refractivity contribution in [3.63, 3.8) is 0 Å². The minimum Gasteiger partial charge on any atom is -0.480 e. The third-order valence-electron chi connectivity index (χ3n) is 6.52. The fourth-order valence-corrected chi connectivity index (χ4v) is 4.13. The highest BCUT2D eigenvalue weighted by Gasteiger charge is 2.40. The van der Waals surface area contributed by atoms with Gasteiger partial charge in [0.15, 0.2) is 0 Å². The van der Waals surface area contributed by atoms with Crippen LogP contribution >= 0.6 is 0 Å². The molecule has 12 heteroatoms. The van der Waals surface area contributed by atoms with Gasteiger partial charge >= 0.3 is 5.97 Å². The van der Waals surface area contributed by atoms with Crippen molar-refractivity contribution in [2.75, 3.05) is 0 Å². The molecule has 40 heavy (non-hydrogen) atoms. The number of nitrogens with zero attached hydrogens (tertiary/aromatic N) is 1. The van der Waals surface area contributed by atoms with Gasteiger partial charge in [-0.15, -0.1) is 0 Å². The van der Waals surface area contributed by atoms with Crippen molar-refractivity contribution in [3.8, 4) is 0 Å². The van der Waals surface area contributed by atoms with Gasteiger partial charge in [0.2, 0.25) is 17.7 Å². The van der Waals surface area contributed by atoms with Crippen LogP contribution in [0.15, 0.2) is 30.3 Å². The van der Waals surface area contributed by atoms with Gasteiger partial charge in [-0.25, -0.2) is 4.79 Å². The summed E-state index contributed by atoms with van der Waals surface area (Å²) in [5.41, 5.74) is 12.6. The van der Waals surface area contributed by atoms with Gasteiger partial charge in [-0.05, 0) is 44.1 Å². The van der Waals surface area contributed by atoms with Crippen molar-refractivity contribution < 1.29 is 34.2 Å². The number of aliphatic hydroxyl groups is 1. The van der Waals surface area contributed by atoms with Crippen LogP contribution < -0.4 is 22.1 Å². The Labute approximate surface area is 235 Å². The average molecular weight is 564 g/mol. The molecule has 4 amide bonds. The first-order valence-electron chi connectivity index (χ1n) is 13.5. The van der Waals surface area contributed by atoms with Gasteiger partial charge in [-0.3, -0.25) is 24.1 Å². The van der Waals surface area contributed by atoms with Crippen LogP contribution in [0.2, 0.25) is 0 Å². The summed E-state index contributed by atoms with van der Waals surface area (Å²) in [5, 5.41) is 25.1. The molecule has 0 bridgehead atoms. The Kier molecular flexibility index (Phi) is 13.9. The number of nitrogens with one attached hydrogen (secondary N) is 2. The Morgan fingerprint density at radius 2 is 1.45 bits per heavy atom. The zero-order chi connectivity index (χ0) is 30.7. The highest BCUT2D eigenvalue weighted by molar-refractivity contribution is 6.03. The van der Waals surface area contributed by atoms with Crippen molar-refractivity contribution in [2.24, 2.45) is 23.3 Å². The van der Waals surface area contributed by atoms with E-state index in [1.54, 1.807) is 27.7 Å². The summed E-state index contributed by atoms with van der Waals surface area (Å²) in [6.07, 6.45) is -1.14. The molecule has 12 nitrogen and oxygen atoms in total. The number of carbonyl (C=O) groups is 5. The largest absolute Gasteiger partial charge is 0.480 e. The minimum atomic E-state index is -1.38. The Bertz CT molecular complexity index is 1020. The van der Waals surface area contributed by atoms with Crippen molar-refractivity contribution >= 4 is 29.6 Å². The number of benzene rings is 1. The fraction of sp³-hybridized carbons (Fsp3) is 0.607. The summed E-state index contributed by atoms with van der Waals surface area (Å²) in [6, 6.07) is 3.81. The summed E-state index contributed by atoms with van der Waals surface area (Å²) < 4.78 is 0. The zero-order valence-corrected chi connectivity index (χ0v) is 24.2. The second-order valence-corrected chi connectivity index (χ2v) is 10.8. The molecule has 8 N–H and O–H groups in total. The van der Waals surface area contributed by atoms with E-state index in [2.05, 4.69) is 10.6 Å². The molecule has 6 atom stereocenters. The molecule has 1 rings (SSSR count). The van der Waals surface area contributed by atoms with E-state index in [4.69, 9.17) is 11.5 Å². The molecule has 0 spiro atoms. The topological polar surface area (TPSA) is 205 Å². The maximum Gasteiger partial charge on any atom is 0.326 e. The van der Waals surface area contributed by atoms with Gasteiger partial charge in [-0.1, -0.05) is 58.0 Å². The van der Waals surface area contributed by atoms with E-state index >= 15 is 0 Å². The predicted octanol–water partition coefficient (Wildman–Crippen LogP) is 0.155. The van der Waals surface area contributed by atoms with Crippen LogP contribution in [0.4, 0.5) is 0 Å². The molecular weight excluding hydrogens is 518 g/mol. The van der Waals surface area contributed by atoms with Gasteiger partial charge in [0.05, 0.1) is 12.1 Å². The lowest BCUT2D eigenvalue weighted by Gasteiger charge is -2.35. The van der Waals surface area contributed by atoms with Crippen LogP contribution in [0.25, 0.3) is 0 Å². The molecule has 0 heterocycles. The first kappa shape index (κ1) is 34.7. The third kappa shape index (κ3) is 10.3. The number of hydrogen-bond donors (Lipinski definition) is 6. The van der Waals surface area contributed by atoms with Crippen LogP contribution in [0.1, 0.15) is 59.9 Å².